The Bertz CT molecular complexity index is 1920. The molecule has 2 amide bonds. The van der Waals surface area contributed by atoms with Crippen molar-refractivity contribution in [1.29, 1.82) is 0 Å². The van der Waals surface area contributed by atoms with Crippen LogP contribution in [0.1, 0.15) is 16.7 Å². The monoisotopic (exact) mass is 725 g/mol. The van der Waals surface area contributed by atoms with E-state index in [-0.39, 0.29) is 29.5 Å². The number of rotatable bonds is 13. The third-order valence-electron chi connectivity index (χ3n) is 7.78. The minimum atomic E-state index is -4.22. The molecule has 0 spiro atoms. The molecule has 5 aromatic rings. The fourth-order valence-electron chi connectivity index (χ4n) is 5.18. The van der Waals surface area contributed by atoms with Crippen LogP contribution in [0.5, 0.6) is 11.5 Å². The Morgan fingerprint density at radius 3 is 1.94 bits per heavy atom. The second-order valence-corrected chi connectivity index (χ2v) is 14.0. The fourth-order valence-corrected chi connectivity index (χ4v) is 6.86. The highest BCUT2D eigenvalue weighted by Crippen LogP contribution is 2.29. The van der Waals surface area contributed by atoms with Crippen LogP contribution in [0.2, 0.25) is 0 Å². The van der Waals surface area contributed by atoms with E-state index in [1.54, 1.807) is 36.4 Å². The average Bonchev–Trinajstić information content (AvgIpc) is 3.10. The number of halogens is 1. The first kappa shape index (κ1) is 34.4. The molecule has 48 heavy (non-hydrogen) atoms. The molecule has 10 heteroatoms. The van der Waals surface area contributed by atoms with Crippen molar-refractivity contribution in [1.82, 2.24) is 10.2 Å². The summed E-state index contributed by atoms with van der Waals surface area (Å²) in [4.78, 5) is 29.4. The van der Waals surface area contributed by atoms with Crippen molar-refractivity contribution in [3.05, 3.63) is 155 Å². The summed E-state index contributed by atoms with van der Waals surface area (Å²) in [5.74, 6) is 0.234. The molecule has 1 N–H and O–H groups in total. The van der Waals surface area contributed by atoms with Crippen molar-refractivity contribution in [3.8, 4) is 11.5 Å². The molecule has 246 valence electrons. The lowest BCUT2D eigenvalue weighted by Crippen LogP contribution is -2.53. The van der Waals surface area contributed by atoms with E-state index in [1.165, 1.54) is 24.1 Å². The zero-order valence-electron chi connectivity index (χ0n) is 26.6. The minimum Gasteiger partial charge on any atom is -0.457 e. The molecular formula is C38H36BrN3O5S. The summed E-state index contributed by atoms with van der Waals surface area (Å²) >= 11 is 3.45. The maximum atomic E-state index is 14.5. The van der Waals surface area contributed by atoms with Crippen LogP contribution in [-0.4, -0.2) is 44.8 Å². The topological polar surface area (TPSA) is 96.0 Å². The van der Waals surface area contributed by atoms with Crippen molar-refractivity contribution in [2.45, 2.75) is 30.8 Å². The van der Waals surface area contributed by atoms with Crippen LogP contribution in [0.4, 0.5) is 5.69 Å². The predicted molar refractivity (Wildman–Crippen MR) is 191 cm³/mol. The van der Waals surface area contributed by atoms with Gasteiger partial charge in [0.05, 0.1) is 10.6 Å². The normalized spacial score (nSPS) is 11.7. The molecule has 1 unspecified atom stereocenters. The van der Waals surface area contributed by atoms with Gasteiger partial charge in [-0.15, -0.1) is 0 Å². The highest BCUT2D eigenvalue weighted by molar-refractivity contribution is 9.10. The van der Waals surface area contributed by atoms with E-state index in [4.69, 9.17) is 4.74 Å². The lowest BCUT2D eigenvalue weighted by Gasteiger charge is -2.33. The molecular weight excluding hydrogens is 690 g/mol. The number of hydrogen-bond donors (Lipinski definition) is 1. The van der Waals surface area contributed by atoms with Crippen LogP contribution in [-0.2, 0) is 32.6 Å². The molecule has 5 aromatic carbocycles. The van der Waals surface area contributed by atoms with Crippen molar-refractivity contribution >= 4 is 43.5 Å². The number of sulfonamides is 1. The van der Waals surface area contributed by atoms with Gasteiger partial charge < -0.3 is 15.0 Å². The van der Waals surface area contributed by atoms with Crippen LogP contribution in [0.25, 0.3) is 0 Å². The Morgan fingerprint density at radius 2 is 1.33 bits per heavy atom. The van der Waals surface area contributed by atoms with Gasteiger partial charge in [0.25, 0.3) is 10.0 Å². The van der Waals surface area contributed by atoms with Crippen molar-refractivity contribution < 1.29 is 22.7 Å². The zero-order valence-corrected chi connectivity index (χ0v) is 29.0. The average molecular weight is 727 g/mol. The summed E-state index contributed by atoms with van der Waals surface area (Å²) in [6, 6.07) is 38.2. The van der Waals surface area contributed by atoms with Gasteiger partial charge in [-0.25, -0.2) is 8.42 Å². The quantitative estimate of drug-likeness (QED) is 0.139. The number of hydrogen-bond acceptors (Lipinski definition) is 5. The van der Waals surface area contributed by atoms with Gasteiger partial charge in [0.1, 0.15) is 24.1 Å². The van der Waals surface area contributed by atoms with Gasteiger partial charge in [0.2, 0.25) is 11.8 Å². The molecule has 0 aromatic heterocycles. The Balaban J connectivity index is 1.54. The Labute approximate surface area is 290 Å². The first-order valence-corrected chi connectivity index (χ1v) is 17.6. The Hall–Kier alpha value is -4.93. The summed E-state index contributed by atoms with van der Waals surface area (Å²) in [5.41, 5.74) is 2.81. The van der Waals surface area contributed by atoms with Crippen LogP contribution in [0, 0.1) is 6.92 Å². The van der Waals surface area contributed by atoms with Gasteiger partial charge in [-0.05, 0) is 78.7 Å². The van der Waals surface area contributed by atoms with E-state index < -0.39 is 28.5 Å². The van der Waals surface area contributed by atoms with E-state index >= 15 is 0 Å². The number of benzene rings is 5. The van der Waals surface area contributed by atoms with E-state index in [9.17, 15) is 18.0 Å². The van der Waals surface area contributed by atoms with Crippen LogP contribution in [0.15, 0.2) is 143 Å². The number of amides is 2. The predicted octanol–water partition coefficient (Wildman–Crippen LogP) is 7.13. The summed E-state index contributed by atoms with van der Waals surface area (Å²) in [5, 5.41) is 2.70. The molecule has 0 aliphatic heterocycles. The van der Waals surface area contributed by atoms with E-state index in [0.717, 1.165) is 25.5 Å². The first-order valence-electron chi connectivity index (χ1n) is 15.4. The first-order chi connectivity index (χ1) is 23.1. The van der Waals surface area contributed by atoms with Crippen LogP contribution < -0.4 is 14.4 Å². The number of nitrogens with zero attached hydrogens (tertiary/aromatic N) is 2. The van der Waals surface area contributed by atoms with Crippen molar-refractivity contribution in [2.24, 2.45) is 0 Å². The van der Waals surface area contributed by atoms with Crippen LogP contribution >= 0.6 is 15.9 Å². The van der Waals surface area contributed by atoms with Crippen molar-refractivity contribution in [3.63, 3.8) is 0 Å². The number of carbonyl (C=O) groups is 2. The number of aryl methyl sites for hydroxylation is 1. The molecule has 0 radical (unpaired) electrons. The molecule has 0 heterocycles. The summed E-state index contributed by atoms with van der Waals surface area (Å²) in [7, 11) is -2.70. The Kier molecular flexibility index (Phi) is 11.3. The number of ether oxygens (including phenoxy) is 1. The number of nitrogens with one attached hydrogen (secondary N) is 1. The summed E-state index contributed by atoms with van der Waals surface area (Å²) in [6.45, 7) is 1.40. The van der Waals surface area contributed by atoms with E-state index in [0.29, 0.717) is 11.5 Å². The standard InChI is InChI=1S/C38H36BrN3O5S/c1-28-13-23-35(24-14-28)48(45,46)42(32-19-21-34(22-20-32)47-33-11-7-4-8-12-33)27-37(43)41(26-30-15-17-31(39)18-16-30)36(38(44)40-2)25-29-9-5-3-6-10-29/h3-24,36H,25-27H2,1-2H3,(H,40,44). The number of para-hydroxylation sites is 1. The molecule has 0 aliphatic carbocycles. The van der Waals surface area contributed by atoms with Gasteiger partial charge in [-0.1, -0.05) is 94.3 Å². The molecule has 5 rings (SSSR count). The molecule has 0 saturated carbocycles. The van der Waals surface area contributed by atoms with E-state index in [2.05, 4.69) is 21.2 Å². The SMILES string of the molecule is CNC(=O)C(Cc1ccccc1)N(Cc1ccc(Br)cc1)C(=O)CN(c1ccc(Oc2ccccc2)cc1)S(=O)(=O)c1ccc(C)cc1. The summed E-state index contributed by atoms with van der Waals surface area (Å²) in [6.07, 6.45) is 0.235. The van der Waals surface area contributed by atoms with Gasteiger partial charge in [-0.3, -0.25) is 13.9 Å². The molecule has 0 saturated heterocycles. The summed E-state index contributed by atoms with van der Waals surface area (Å²) < 4.78 is 36.4. The minimum absolute atomic E-state index is 0.0390. The van der Waals surface area contributed by atoms with Gasteiger partial charge in [0, 0.05) is 24.5 Å². The highest BCUT2D eigenvalue weighted by Gasteiger charge is 2.34. The largest absolute Gasteiger partial charge is 0.457 e. The smallest absolute Gasteiger partial charge is 0.264 e. The Morgan fingerprint density at radius 1 is 0.750 bits per heavy atom. The maximum absolute atomic E-state index is 14.5. The number of likely N-dealkylation sites (N-methyl/N-ethyl adjacent to an activating group) is 1. The molecule has 1 atom stereocenters. The lowest BCUT2D eigenvalue weighted by molar-refractivity contribution is -0.139. The fraction of sp³-hybridized carbons (Fsp3) is 0.158. The number of anilines is 1. The van der Waals surface area contributed by atoms with Gasteiger partial charge in [-0.2, -0.15) is 0 Å². The molecule has 0 fully saturated rings. The highest BCUT2D eigenvalue weighted by atomic mass is 79.9. The lowest BCUT2D eigenvalue weighted by atomic mass is 10.0. The molecule has 8 nitrogen and oxygen atoms in total. The van der Waals surface area contributed by atoms with Gasteiger partial charge in [0.15, 0.2) is 0 Å². The molecule has 0 bridgehead atoms. The van der Waals surface area contributed by atoms with Gasteiger partial charge >= 0.3 is 0 Å². The third-order valence-corrected chi connectivity index (χ3v) is 10.1. The van der Waals surface area contributed by atoms with Crippen molar-refractivity contribution in [2.75, 3.05) is 17.9 Å². The van der Waals surface area contributed by atoms with Crippen LogP contribution in [0.3, 0.4) is 0 Å². The number of carbonyl (C=O) groups excluding carboxylic acids is 2. The second-order valence-electron chi connectivity index (χ2n) is 11.2. The third kappa shape index (κ3) is 8.70. The second kappa shape index (κ2) is 15.8. The zero-order chi connectivity index (χ0) is 34.1. The molecule has 0 aliphatic rings. The maximum Gasteiger partial charge on any atom is 0.264 e. The van der Waals surface area contributed by atoms with E-state index in [1.807, 2.05) is 91.9 Å².